The number of hydrogen-bond donors (Lipinski definition) is 1. The van der Waals surface area contributed by atoms with Crippen molar-refractivity contribution in [2.45, 2.75) is 39.7 Å². The van der Waals surface area contributed by atoms with Gasteiger partial charge in [-0.15, -0.1) is 0 Å². The predicted molar refractivity (Wildman–Crippen MR) is 71.0 cm³/mol. The monoisotopic (exact) mass is 267 g/mol. The number of aliphatic carboxylic acids is 1. The second kappa shape index (κ2) is 5.42. The van der Waals surface area contributed by atoms with E-state index in [2.05, 4.69) is 5.10 Å². The number of amides is 1. The second-order valence-corrected chi connectivity index (χ2v) is 4.93. The number of aromatic nitrogens is 2. The lowest BCUT2D eigenvalue weighted by Gasteiger charge is -2.34. The Morgan fingerprint density at radius 2 is 2.00 bits per heavy atom. The fraction of sp³-hybridized carbons (Fsp3) is 0.615. The smallest absolute Gasteiger partial charge is 0.329 e. The summed E-state index contributed by atoms with van der Waals surface area (Å²) in [5, 5.41) is 13.5. The third-order valence-electron chi connectivity index (χ3n) is 3.23. The van der Waals surface area contributed by atoms with Crippen LogP contribution in [0.4, 0.5) is 0 Å². The molecule has 0 saturated carbocycles. The van der Waals surface area contributed by atoms with E-state index in [1.165, 1.54) is 18.7 Å². The molecule has 1 aromatic heterocycles. The molecule has 1 aromatic rings. The minimum atomic E-state index is -1.24. The van der Waals surface area contributed by atoms with Crippen molar-refractivity contribution in [3.05, 3.63) is 17.5 Å². The molecule has 0 bridgehead atoms. The van der Waals surface area contributed by atoms with Crippen LogP contribution < -0.4 is 0 Å². The Hall–Kier alpha value is -1.85. The van der Waals surface area contributed by atoms with E-state index in [9.17, 15) is 14.7 Å². The molecule has 0 aliphatic heterocycles. The highest BCUT2D eigenvalue weighted by Gasteiger charge is 2.38. The van der Waals surface area contributed by atoms with Crippen LogP contribution in [0.3, 0.4) is 0 Å². The van der Waals surface area contributed by atoms with Crippen LogP contribution >= 0.6 is 0 Å². The van der Waals surface area contributed by atoms with Gasteiger partial charge in [0.25, 0.3) is 5.91 Å². The van der Waals surface area contributed by atoms with Gasteiger partial charge in [-0.1, -0.05) is 6.92 Å². The molecule has 106 valence electrons. The number of carboxylic acids is 1. The highest BCUT2D eigenvalue weighted by Crippen LogP contribution is 2.20. The number of carbonyl (C=O) groups excluding carboxylic acids is 1. The lowest BCUT2D eigenvalue weighted by atomic mass is 10.0. The Bertz CT molecular complexity index is 491. The van der Waals surface area contributed by atoms with Crippen LogP contribution in [0.25, 0.3) is 0 Å². The maximum absolute atomic E-state index is 12.5. The van der Waals surface area contributed by atoms with Gasteiger partial charge in [0, 0.05) is 19.8 Å². The summed E-state index contributed by atoms with van der Waals surface area (Å²) >= 11 is 0. The zero-order chi connectivity index (χ0) is 14.8. The first-order valence-electron chi connectivity index (χ1n) is 6.33. The number of hydrogen-bond acceptors (Lipinski definition) is 3. The molecule has 0 saturated heterocycles. The van der Waals surface area contributed by atoms with Crippen molar-refractivity contribution >= 4 is 11.9 Å². The summed E-state index contributed by atoms with van der Waals surface area (Å²) in [6.45, 7) is 7.07. The van der Waals surface area contributed by atoms with Gasteiger partial charge in [0.1, 0.15) is 5.54 Å². The van der Waals surface area contributed by atoms with Gasteiger partial charge in [-0.3, -0.25) is 9.48 Å². The minimum Gasteiger partial charge on any atom is -0.480 e. The first-order valence-corrected chi connectivity index (χ1v) is 6.33. The molecule has 6 heteroatoms. The number of likely N-dealkylation sites (N-methyl/N-ethyl adjacent to an activating group) is 1. The van der Waals surface area contributed by atoms with Gasteiger partial charge in [-0.05, 0) is 27.2 Å². The van der Waals surface area contributed by atoms with Gasteiger partial charge < -0.3 is 10.0 Å². The van der Waals surface area contributed by atoms with Crippen molar-refractivity contribution in [3.8, 4) is 0 Å². The topological polar surface area (TPSA) is 75.4 Å². The van der Waals surface area contributed by atoms with E-state index in [1.807, 2.05) is 6.92 Å². The normalized spacial score (nSPS) is 11.4. The molecule has 0 aliphatic rings. The molecule has 6 nitrogen and oxygen atoms in total. The Morgan fingerprint density at radius 3 is 2.42 bits per heavy atom. The molecular weight excluding hydrogens is 246 g/mol. The third kappa shape index (κ3) is 2.77. The van der Waals surface area contributed by atoms with Crippen molar-refractivity contribution in [1.82, 2.24) is 14.7 Å². The van der Waals surface area contributed by atoms with E-state index in [0.717, 1.165) is 0 Å². The summed E-state index contributed by atoms with van der Waals surface area (Å²) in [4.78, 5) is 25.2. The summed E-state index contributed by atoms with van der Waals surface area (Å²) in [5.74, 6) is -1.32. The summed E-state index contributed by atoms with van der Waals surface area (Å²) < 4.78 is 1.58. The summed E-state index contributed by atoms with van der Waals surface area (Å²) in [7, 11) is 1.74. The molecule has 0 aromatic carbocycles. The van der Waals surface area contributed by atoms with Gasteiger partial charge in [0.05, 0.1) is 11.3 Å². The quantitative estimate of drug-likeness (QED) is 0.872. The van der Waals surface area contributed by atoms with Crippen LogP contribution in [0.15, 0.2) is 6.20 Å². The van der Waals surface area contributed by atoms with Crippen LogP contribution in [-0.4, -0.2) is 43.7 Å². The van der Waals surface area contributed by atoms with Gasteiger partial charge in [0.2, 0.25) is 0 Å². The highest BCUT2D eigenvalue weighted by molar-refractivity contribution is 5.98. The maximum atomic E-state index is 12.5. The summed E-state index contributed by atoms with van der Waals surface area (Å²) in [6, 6.07) is 0. The average molecular weight is 267 g/mol. The number of aryl methyl sites for hydroxylation is 2. The molecule has 0 unspecified atom stereocenters. The van der Waals surface area contributed by atoms with Crippen molar-refractivity contribution in [3.63, 3.8) is 0 Å². The van der Waals surface area contributed by atoms with Crippen LogP contribution in [0, 0.1) is 0 Å². The van der Waals surface area contributed by atoms with E-state index in [0.29, 0.717) is 24.2 Å². The minimum absolute atomic E-state index is 0.292. The van der Waals surface area contributed by atoms with E-state index in [4.69, 9.17) is 0 Å². The molecular formula is C13H21N3O3. The van der Waals surface area contributed by atoms with Crippen molar-refractivity contribution < 1.29 is 14.7 Å². The standard InChI is InChI=1S/C13H21N3O3/c1-6-10-9(8-15(5)14-10)11(17)16(7-2)13(3,4)12(18)19/h8H,6-7H2,1-5H3,(H,18,19). The van der Waals surface area contributed by atoms with Crippen molar-refractivity contribution in [2.24, 2.45) is 7.05 Å². The Morgan fingerprint density at radius 1 is 1.42 bits per heavy atom. The molecule has 0 aliphatic carbocycles. The molecule has 1 heterocycles. The van der Waals surface area contributed by atoms with Crippen LogP contribution in [-0.2, 0) is 18.3 Å². The number of carbonyl (C=O) groups is 2. The molecule has 0 atom stereocenters. The van der Waals surface area contributed by atoms with Crippen molar-refractivity contribution in [1.29, 1.82) is 0 Å². The second-order valence-electron chi connectivity index (χ2n) is 4.93. The Labute approximate surface area is 113 Å². The van der Waals surface area contributed by atoms with E-state index in [-0.39, 0.29) is 5.91 Å². The lowest BCUT2D eigenvalue weighted by molar-refractivity contribution is -0.147. The number of nitrogens with zero attached hydrogens (tertiary/aromatic N) is 3. The third-order valence-corrected chi connectivity index (χ3v) is 3.23. The van der Waals surface area contributed by atoms with Gasteiger partial charge >= 0.3 is 5.97 Å². The molecule has 1 amide bonds. The largest absolute Gasteiger partial charge is 0.480 e. The molecule has 1 N–H and O–H groups in total. The van der Waals surface area contributed by atoms with Crippen LogP contribution in [0.1, 0.15) is 43.7 Å². The zero-order valence-electron chi connectivity index (χ0n) is 12.1. The molecule has 1 rings (SSSR count). The predicted octanol–water partition coefficient (Wildman–Crippen LogP) is 1.31. The SMILES string of the molecule is CCc1nn(C)cc1C(=O)N(CC)C(C)(C)C(=O)O. The Kier molecular flexibility index (Phi) is 4.34. The zero-order valence-corrected chi connectivity index (χ0v) is 12.1. The lowest BCUT2D eigenvalue weighted by Crippen LogP contribution is -2.53. The van der Waals surface area contributed by atoms with Gasteiger partial charge in [-0.25, -0.2) is 4.79 Å². The van der Waals surface area contributed by atoms with E-state index in [1.54, 1.807) is 24.9 Å². The first-order chi connectivity index (χ1) is 8.75. The van der Waals surface area contributed by atoms with Crippen LogP contribution in [0.2, 0.25) is 0 Å². The molecule has 0 radical (unpaired) electrons. The van der Waals surface area contributed by atoms with Gasteiger partial charge in [-0.2, -0.15) is 5.10 Å². The fourth-order valence-corrected chi connectivity index (χ4v) is 2.03. The van der Waals surface area contributed by atoms with Crippen molar-refractivity contribution in [2.75, 3.05) is 6.54 Å². The highest BCUT2D eigenvalue weighted by atomic mass is 16.4. The fourth-order valence-electron chi connectivity index (χ4n) is 2.03. The average Bonchev–Trinajstić information content (AvgIpc) is 2.70. The first kappa shape index (κ1) is 15.2. The number of carboxylic acid groups (broad SMARTS) is 1. The van der Waals surface area contributed by atoms with Crippen LogP contribution in [0.5, 0.6) is 0 Å². The summed E-state index contributed by atoms with van der Waals surface area (Å²) in [6.07, 6.45) is 2.27. The van der Waals surface area contributed by atoms with E-state index < -0.39 is 11.5 Å². The van der Waals surface area contributed by atoms with Gasteiger partial charge in [0.15, 0.2) is 0 Å². The van der Waals surface area contributed by atoms with E-state index >= 15 is 0 Å². The maximum Gasteiger partial charge on any atom is 0.329 e. The molecule has 0 fully saturated rings. The summed E-state index contributed by atoms with van der Waals surface area (Å²) in [5.41, 5.74) is -0.0829. The molecule has 19 heavy (non-hydrogen) atoms. The Balaban J connectivity index is 3.19. The molecule has 0 spiro atoms. The number of rotatable bonds is 5.